The Morgan fingerprint density at radius 1 is 1.14 bits per heavy atom. The van der Waals surface area contributed by atoms with E-state index < -0.39 is 0 Å². The average Bonchev–Trinajstić information content (AvgIpc) is 2.38. The van der Waals surface area contributed by atoms with Gasteiger partial charge in [0.2, 0.25) is 0 Å². The first-order valence-corrected chi connectivity index (χ1v) is 7.96. The quantitative estimate of drug-likeness (QED) is 0.559. The van der Waals surface area contributed by atoms with Gasteiger partial charge in [0.15, 0.2) is 0 Å². The van der Waals surface area contributed by atoms with Gasteiger partial charge in [0.25, 0.3) is 0 Å². The third-order valence-corrected chi connectivity index (χ3v) is 2.94. The van der Waals surface area contributed by atoms with E-state index in [1.54, 1.807) is 13.0 Å². The number of rotatable bonds is 1. The molecular weight excluding hydrogens is 261 g/mol. The molecule has 0 aliphatic rings. The van der Waals surface area contributed by atoms with Crippen LogP contribution in [0, 0.1) is 25.1 Å². The molecule has 0 N–H and O–H groups in total. The van der Waals surface area contributed by atoms with Crippen molar-refractivity contribution in [1.82, 2.24) is 4.98 Å². The van der Waals surface area contributed by atoms with Crippen molar-refractivity contribution in [3.8, 4) is 0 Å². The maximum absolute atomic E-state index is 13.4. The summed E-state index contributed by atoms with van der Waals surface area (Å²) in [5.41, 5.74) is 3.54. The predicted octanol–water partition coefficient (Wildman–Crippen LogP) is 6.73. The number of allylic oxidation sites excluding steroid dienone is 1. The van der Waals surface area contributed by atoms with Crippen LogP contribution >= 0.6 is 0 Å². The second-order valence-electron chi connectivity index (χ2n) is 6.01. The summed E-state index contributed by atoms with van der Waals surface area (Å²) < 4.78 is 13.4. The fourth-order valence-corrected chi connectivity index (χ4v) is 1.31. The van der Waals surface area contributed by atoms with Gasteiger partial charge >= 0.3 is 0 Å². The highest BCUT2D eigenvalue weighted by atomic mass is 19.1. The molecule has 0 atom stereocenters. The normalized spacial score (nSPS) is 11.1. The zero-order chi connectivity index (χ0) is 17.2. The highest BCUT2D eigenvalue weighted by Crippen LogP contribution is 2.27. The molecule has 1 heterocycles. The van der Waals surface area contributed by atoms with Gasteiger partial charge in [-0.3, -0.25) is 4.98 Å². The lowest BCUT2D eigenvalue weighted by molar-refractivity contribution is 0.508. The monoisotopic (exact) mass is 295 g/mol. The van der Waals surface area contributed by atoms with Crippen LogP contribution in [-0.2, 0) is 0 Å². The lowest BCUT2D eigenvalue weighted by Crippen LogP contribution is -2.06. The third-order valence-electron chi connectivity index (χ3n) is 2.94. The van der Waals surface area contributed by atoms with E-state index in [0.717, 1.165) is 11.3 Å². The van der Waals surface area contributed by atoms with Crippen LogP contribution in [0.4, 0.5) is 4.39 Å². The first-order valence-electron chi connectivity index (χ1n) is 7.96. The van der Waals surface area contributed by atoms with E-state index in [4.69, 9.17) is 0 Å². The molecule has 0 aromatic carbocycles. The summed E-state index contributed by atoms with van der Waals surface area (Å²) in [5.74, 6) is -0.237. The van der Waals surface area contributed by atoms with Gasteiger partial charge in [0, 0.05) is 5.69 Å². The summed E-state index contributed by atoms with van der Waals surface area (Å²) in [6.45, 7) is 20.3. The van der Waals surface area contributed by atoms with E-state index in [9.17, 15) is 4.39 Å². The van der Waals surface area contributed by atoms with Crippen LogP contribution in [0.5, 0.6) is 0 Å². The van der Waals surface area contributed by atoms with Crippen molar-refractivity contribution in [2.24, 2.45) is 5.41 Å². The fourth-order valence-electron chi connectivity index (χ4n) is 1.31. The lowest BCUT2D eigenvalue weighted by atomic mass is 9.86. The number of aromatic nitrogens is 1. The molecule has 1 nitrogen and oxygen atoms in total. The summed E-state index contributed by atoms with van der Waals surface area (Å²) in [6.07, 6.45) is 3.27. The Hall–Kier alpha value is -1.18. The minimum atomic E-state index is -0.237. The van der Waals surface area contributed by atoms with Crippen molar-refractivity contribution < 1.29 is 4.39 Å². The zero-order valence-electron chi connectivity index (χ0n) is 15.7. The molecule has 0 fully saturated rings. The van der Waals surface area contributed by atoms with Crippen LogP contribution in [-0.4, -0.2) is 4.98 Å². The molecule has 0 radical (unpaired) electrons. The van der Waals surface area contributed by atoms with E-state index >= 15 is 0 Å². The molecule has 0 spiro atoms. The molecule has 0 aliphatic heterocycles. The Kier molecular flexibility index (Phi) is 11.1. The summed E-state index contributed by atoms with van der Waals surface area (Å²) in [5, 5.41) is 0. The molecule has 0 aliphatic carbocycles. The van der Waals surface area contributed by atoms with E-state index in [1.165, 1.54) is 12.0 Å². The molecule has 0 saturated heterocycles. The number of pyridine rings is 1. The topological polar surface area (TPSA) is 12.9 Å². The molecule has 21 heavy (non-hydrogen) atoms. The SMILES string of the molecule is C/C(=C\c1cc(F)c(C)nc1C)C(C)(C)C.CC.CCC. The van der Waals surface area contributed by atoms with Gasteiger partial charge in [-0.1, -0.05) is 66.5 Å². The average molecular weight is 295 g/mol. The minimum absolute atomic E-state index is 0.105. The maximum Gasteiger partial charge on any atom is 0.145 e. The van der Waals surface area contributed by atoms with Crippen LogP contribution in [0.3, 0.4) is 0 Å². The van der Waals surface area contributed by atoms with Crippen molar-refractivity contribution in [2.45, 2.75) is 75.7 Å². The van der Waals surface area contributed by atoms with Gasteiger partial charge in [0.1, 0.15) is 5.82 Å². The zero-order valence-corrected chi connectivity index (χ0v) is 15.7. The minimum Gasteiger partial charge on any atom is -0.255 e. The highest BCUT2D eigenvalue weighted by molar-refractivity contribution is 5.55. The Labute approximate surface area is 131 Å². The number of aryl methyl sites for hydroxylation is 2. The van der Waals surface area contributed by atoms with Crippen LogP contribution in [0.25, 0.3) is 6.08 Å². The van der Waals surface area contributed by atoms with Crippen molar-refractivity contribution in [2.75, 3.05) is 0 Å². The summed E-state index contributed by atoms with van der Waals surface area (Å²) >= 11 is 0. The van der Waals surface area contributed by atoms with Gasteiger partial charge in [-0.2, -0.15) is 0 Å². The number of hydrogen-bond acceptors (Lipinski definition) is 1. The van der Waals surface area contributed by atoms with E-state index in [2.05, 4.69) is 46.5 Å². The van der Waals surface area contributed by atoms with Gasteiger partial charge in [0.05, 0.1) is 5.69 Å². The molecule has 2 heteroatoms. The molecule has 0 bridgehead atoms. The number of halogens is 1. The van der Waals surface area contributed by atoms with Gasteiger partial charge in [-0.05, 0) is 37.8 Å². The van der Waals surface area contributed by atoms with Crippen LogP contribution < -0.4 is 0 Å². The summed E-state index contributed by atoms with van der Waals surface area (Å²) in [7, 11) is 0. The van der Waals surface area contributed by atoms with Crippen molar-refractivity contribution in [1.29, 1.82) is 0 Å². The smallest absolute Gasteiger partial charge is 0.145 e. The molecule has 1 aromatic heterocycles. The maximum atomic E-state index is 13.4. The van der Waals surface area contributed by atoms with Gasteiger partial charge in [-0.25, -0.2) is 4.39 Å². The molecule has 1 rings (SSSR count). The third kappa shape index (κ3) is 8.64. The Balaban J connectivity index is 0. The molecule has 1 aromatic rings. The van der Waals surface area contributed by atoms with Gasteiger partial charge in [-0.15, -0.1) is 0 Å². The van der Waals surface area contributed by atoms with Crippen LogP contribution in [0.15, 0.2) is 11.6 Å². The first kappa shape index (κ1) is 22.1. The Morgan fingerprint density at radius 3 is 1.95 bits per heavy atom. The van der Waals surface area contributed by atoms with Crippen molar-refractivity contribution >= 4 is 6.08 Å². The van der Waals surface area contributed by atoms with E-state index in [-0.39, 0.29) is 11.2 Å². The largest absolute Gasteiger partial charge is 0.255 e. The van der Waals surface area contributed by atoms with Crippen molar-refractivity contribution in [3.05, 3.63) is 34.4 Å². The molecule has 0 saturated carbocycles. The Morgan fingerprint density at radius 2 is 1.57 bits per heavy atom. The second kappa shape index (κ2) is 10.5. The number of hydrogen-bond donors (Lipinski definition) is 0. The number of nitrogens with zero attached hydrogens (tertiary/aromatic N) is 1. The fraction of sp³-hybridized carbons (Fsp3) is 0.632. The molecule has 0 unspecified atom stereocenters. The van der Waals surface area contributed by atoms with Gasteiger partial charge < -0.3 is 0 Å². The van der Waals surface area contributed by atoms with E-state index in [0.29, 0.717) is 5.69 Å². The van der Waals surface area contributed by atoms with Crippen LogP contribution in [0.1, 0.15) is 78.8 Å². The summed E-state index contributed by atoms with van der Waals surface area (Å²) in [6, 6.07) is 1.56. The first-order chi connectivity index (χ1) is 9.63. The molecule has 122 valence electrons. The van der Waals surface area contributed by atoms with Crippen LogP contribution in [0.2, 0.25) is 0 Å². The predicted molar refractivity (Wildman–Crippen MR) is 94.1 cm³/mol. The van der Waals surface area contributed by atoms with E-state index in [1.807, 2.05) is 26.8 Å². The summed E-state index contributed by atoms with van der Waals surface area (Å²) in [4.78, 5) is 4.19. The Bertz CT molecular complexity index is 440. The molecule has 0 amide bonds. The highest BCUT2D eigenvalue weighted by Gasteiger charge is 2.13. The molecular formula is C19H34FN. The standard InChI is InChI=1S/C14H20FN.C3H8.C2H6/c1-9(14(4,5)6)7-12-8-13(15)11(3)16-10(12)2;1-3-2;1-2/h7-8H,1-6H3;3H2,1-2H3;1-2H3/b9-7+;;. The van der Waals surface area contributed by atoms with Crippen molar-refractivity contribution in [3.63, 3.8) is 0 Å². The second-order valence-corrected chi connectivity index (χ2v) is 6.01. The lowest BCUT2D eigenvalue weighted by Gasteiger charge is -2.19.